The van der Waals surface area contributed by atoms with E-state index in [1.54, 1.807) is 22.7 Å². The van der Waals surface area contributed by atoms with Crippen LogP contribution in [-0.4, -0.2) is 0 Å². The van der Waals surface area contributed by atoms with E-state index in [-0.39, 0.29) is 0 Å². The molecule has 0 nitrogen and oxygen atoms in total. The second kappa shape index (κ2) is 4.47. The lowest BCUT2D eigenvalue weighted by Gasteiger charge is -2.03. The fourth-order valence-corrected chi connectivity index (χ4v) is 5.99. The first-order valence-corrected chi connectivity index (χ1v) is 8.43. The topological polar surface area (TPSA) is 0 Å². The van der Waals surface area contributed by atoms with Gasteiger partial charge in [0.2, 0.25) is 0 Å². The van der Waals surface area contributed by atoms with E-state index in [1.807, 2.05) is 13.8 Å². The summed E-state index contributed by atoms with van der Waals surface area (Å²) in [5, 5.41) is 3.55. The molecule has 0 fully saturated rings. The molecule has 0 aliphatic heterocycles. The Morgan fingerprint density at radius 3 is 1.44 bits per heavy atom. The Kier molecular flexibility index (Phi) is 3.33. The average molecular weight is 351 g/mol. The lowest BCUT2D eigenvalue weighted by atomic mass is 10.2. The Morgan fingerprint density at radius 1 is 0.778 bits per heavy atom. The van der Waals surface area contributed by atoms with Gasteiger partial charge in [-0.2, -0.15) is 0 Å². The van der Waals surface area contributed by atoms with Crippen molar-refractivity contribution in [2.75, 3.05) is 0 Å². The summed E-state index contributed by atoms with van der Waals surface area (Å²) in [6, 6.07) is 0. The fourth-order valence-electron chi connectivity index (χ4n) is 2.03. The summed E-state index contributed by atoms with van der Waals surface area (Å²) in [4.78, 5) is 3.99. The van der Waals surface area contributed by atoms with Gasteiger partial charge in [-0.15, -0.1) is 47.9 Å². The van der Waals surface area contributed by atoms with Gasteiger partial charge in [-0.05, 0) is 13.8 Å². The summed E-state index contributed by atoms with van der Waals surface area (Å²) >= 11 is 25.3. The highest BCUT2D eigenvalue weighted by Gasteiger charge is 2.20. The molecular weight excluding hydrogens is 343 g/mol. The SMILES string of the molecule is Cc1sc2c(S)c3c(Cl)c(C)sc3c(S)c2c1Cl. The van der Waals surface area contributed by atoms with Crippen LogP contribution in [-0.2, 0) is 0 Å². The van der Waals surface area contributed by atoms with Crippen LogP contribution in [0.5, 0.6) is 0 Å². The Hall–Kier alpha value is 0.420. The Labute approximate surface area is 134 Å². The van der Waals surface area contributed by atoms with Crippen molar-refractivity contribution in [2.24, 2.45) is 0 Å². The smallest absolute Gasteiger partial charge is 0.0633 e. The minimum atomic E-state index is 0.777. The van der Waals surface area contributed by atoms with Crippen LogP contribution < -0.4 is 0 Å². The van der Waals surface area contributed by atoms with Gasteiger partial charge in [-0.1, -0.05) is 23.2 Å². The molecule has 0 amide bonds. The van der Waals surface area contributed by atoms with E-state index in [1.165, 1.54) is 0 Å². The Bertz CT molecular complexity index is 730. The van der Waals surface area contributed by atoms with Crippen LogP contribution in [0.2, 0.25) is 10.0 Å². The number of hydrogen-bond donors (Lipinski definition) is 2. The van der Waals surface area contributed by atoms with E-state index in [0.717, 1.165) is 49.8 Å². The summed E-state index contributed by atoms with van der Waals surface area (Å²) < 4.78 is 2.14. The Balaban J connectivity index is 2.69. The number of benzene rings is 1. The molecule has 94 valence electrons. The highest BCUT2D eigenvalue weighted by atomic mass is 35.5. The van der Waals surface area contributed by atoms with E-state index in [2.05, 4.69) is 25.3 Å². The molecule has 18 heavy (non-hydrogen) atoms. The number of aryl methyl sites for hydroxylation is 2. The van der Waals surface area contributed by atoms with Crippen LogP contribution in [0.15, 0.2) is 9.79 Å². The van der Waals surface area contributed by atoms with Gasteiger partial charge in [-0.3, -0.25) is 0 Å². The summed E-state index contributed by atoms with van der Waals surface area (Å²) in [6.45, 7) is 4.02. The third-order valence-corrected chi connectivity index (χ3v) is 7.54. The third kappa shape index (κ3) is 1.67. The van der Waals surface area contributed by atoms with Crippen LogP contribution in [0.3, 0.4) is 0 Å². The molecule has 0 saturated carbocycles. The van der Waals surface area contributed by atoms with Gasteiger partial charge in [0.1, 0.15) is 0 Å². The van der Waals surface area contributed by atoms with Crippen molar-refractivity contribution in [3.8, 4) is 0 Å². The van der Waals surface area contributed by atoms with E-state index >= 15 is 0 Å². The van der Waals surface area contributed by atoms with E-state index in [9.17, 15) is 0 Å². The quantitative estimate of drug-likeness (QED) is 0.418. The standard InChI is InChI=1S/C12H8Cl2S4/c1-3-7(13)5-9(15)12-6(8(14)4(2)18-12)10(16)11(5)17-3/h15-16H,1-2H3. The third-order valence-electron chi connectivity index (χ3n) is 2.93. The number of thiol groups is 2. The summed E-state index contributed by atoms with van der Waals surface area (Å²) in [7, 11) is 0. The lowest BCUT2D eigenvalue weighted by molar-refractivity contribution is 1.60. The zero-order valence-electron chi connectivity index (χ0n) is 9.47. The van der Waals surface area contributed by atoms with Gasteiger partial charge in [-0.25, -0.2) is 0 Å². The molecule has 0 N–H and O–H groups in total. The van der Waals surface area contributed by atoms with Gasteiger partial charge in [0.05, 0.1) is 19.4 Å². The second-order valence-corrected chi connectivity index (χ2v) is 8.15. The van der Waals surface area contributed by atoms with Gasteiger partial charge in [0, 0.05) is 30.3 Å². The van der Waals surface area contributed by atoms with E-state index < -0.39 is 0 Å². The Morgan fingerprint density at radius 2 is 1.11 bits per heavy atom. The number of halogens is 2. The molecule has 2 heterocycles. The maximum atomic E-state index is 6.37. The number of rotatable bonds is 0. The molecule has 3 aromatic rings. The first-order valence-electron chi connectivity index (χ1n) is 5.14. The molecule has 1 aromatic carbocycles. The lowest BCUT2D eigenvalue weighted by Crippen LogP contribution is -1.76. The molecule has 2 aromatic heterocycles. The van der Waals surface area contributed by atoms with Gasteiger partial charge in [0.15, 0.2) is 0 Å². The zero-order valence-corrected chi connectivity index (χ0v) is 14.4. The highest BCUT2D eigenvalue weighted by Crippen LogP contribution is 2.50. The predicted octanol–water partition coefficient (Wildman–Crippen LogP) is 6.62. The molecule has 0 aliphatic rings. The van der Waals surface area contributed by atoms with E-state index in [4.69, 9.17) is 23.2 Å². The molecule has 0 spiro atoms. The first-order chi connectivity index (χ1) is 8.43. The molecule has 0 bridgehead atoms. The first kappa shape index (κ1) is 13.4. The average Bonchev–Trinajstić information content (AvgIpc) is 2.78. The molecule has 0 atom stereocenters. The highest BCUT2D eigenvalue weighted by molar-refractivity contribution is 7.82. The van der Waals surface area contributed by atoms with Crippen molar-refractivity contribution in [3.63, 3.8) is 0 Å². The van der Waals surface area contributed by atoms with Crippen LogP contribution in [0.25, 0.3) is 20.2 Å². The molecular formula is C12H8Cl2S4. The van der Waals surface area contributed by atoms with Crippen LogP contribution >= 0.6 is 71.1 Å². The number of thiophene rings is 2. The fraction of sp³-hybridized carbons (Fsp3) is 0.167. The van der Waals surface area contributed by atoms with Crippen molar-refractivity contribution in [1.82, 2.24) is 0 Å². The molecule has 0 aliphatic carbocycles. The second-order valence-electron chi connectivity index (χ2n) is 4.05. The summed E-state index contributed by atoms with van der Waals surface area (Å²) in [6.07, 6.45) is 0. The monoisotopic (exact) mass is 350 g/mol. The minimum absolute atomic E-state index is 0.777. The predicted molar refractivity (Wildman–Crippen MR) is 91.2 cm³/mol. The van der Waals surface area contributed by atoms with Crippen molar-refractivity contribution < 1.29 is 0 Å². The van der Waals surface area contributed by atoms with Gasteiger partial charge in [0.25, 0.3) is 0 Å². The molecule has 0 radical (unpaired) electrons. The van der Waals surface area contributed by atoms with Crippen molar-refractivity contribution in [3.05, 3.63) is 19.8 Å². The van der Waals surface area contributed by atoms with Crippen LogP contribution in [0.4, 0.5) is 0 Å². The number of hydrogen-bond acceptors (Lipinski definition) is 4. The van der Waals surface area contributed by atoms with Crippen LogP contribution in [0, 0.1) is 13.8 Å². The van der Waals surface area contributed by atoms with E-state index in [0.29, 0.717) is 0 Å². The zero-order chi connectivity index (χ0) is 13.2. The maximum Gasteiger partial charge on any atom is 0.0633 e. The molecule has 6 heteroatoms. The summed E-state index contributed by atoms with van der Waals surface area (Å²) in [5.74, 6) is 0. The normalized spacial score (nSPS) is 11.9. The van der Waals surface area contributed by atoms with Crippen molar-refractivity contribution in [2.45, 2.75) is 23.6 Å². The van der Waals surface area contributed by atoms with Gasteiger partial charge < -0.3 is 0 Å². The summed E-state index contributed by atoms with van der Waals surface area (Å²) in [5.41, 5.74) is 0. The van der Waals surface area contributed by atoms with Crippen LogP contribution in [0.1, 0.15) is 9.75 Å². The minimum Gasteiger partial charge on any atom is -0.141 e. The molecule has 0 saturated heterocycles. The van der Waals surface area contributed by atoms with Crippen molar-refractivity contribution in [1.29, 1.82) is 0 Å². The van der Waals surface area contributed by atoms with Crippen molar-refractivity contribution >= 4 is 91.3 Å². The van der Waals surface area contributed by atoms with Gasteiger partial charge >= 0.3 is 0 Å². The number of fused-ring (bicyclic) bond motifs is 2. The largest absolute Gasteiger partial charge is 0.141 e. The maximum absolute atomic E-state index is 6.37. The molecule has 0 unspecified atom stereocenters. The molecule has 3 rings (SSSR count).